The van der Waals surface area contributed by atoms with E-state index >= 15 is 0 Å². The van der Waals surface area contributed by atoms with E-state index in [1.807, 2.05) is 0 Å². The standard InChI is InChI=1S/C12H10O2Si.4C6H5.CH2.2Sn/c13-15(14,11-7-3-1-4-8-11)12-9-5-2-6-10-12;4*1-2-4-6-5-3-1;;;/h1-10H;4*1-5H;1H2;;/q-2;;;;;;2*+1. The average molecular weight is 774 g/mol. The molecule has 5 heteroatoms. The quantitative estimate of drug-likeness (QED) is 0.235. The molecule has 204 valence electrons. The van der Waals surface area contributed by atoms with Gasteiger partial charge in [0, 0.05) is 0 Å². The van der Waals surface area contributed by atoms with Gasteiger partial charge in [0.25, 0.3) is 0 Å². The molecule has 0 radical (unpaired) electrons. The van der Waals surface area contributed by atoms with Crippen molar-refractivity contribution in [3.63, 3.8) is 0 Å². The van der Waals surface area contributed by atoms with Crippen molar-refractivity contribution in [1.29, 1.82) is 0 Å². The first kappa shape index (κ1) is 27.9. The Morgan fingerprint density at radius 2 is 0.571 bits per heavy atom. The van der Waals surface area contributed by atoms with Crippen molar-refractivity contribution in [3.8, 4) is 0 Å². The third kappa shape index (κ3) is 4.91. The van der Waals surface area contributed by atoms with E-state index in [0.29, 0.717) is 0 Å². The molecular weight excluding hydrogens is 742 g/mol. The fourth-order valence-corrected chi connectivity index (χ4v) is 82.6. The molecule has 0 bridgehead atoms. The second-order valence-corrected chi connectivity index (χ2v) is 41.0. The predicted octanol–water partition coefficient (Wildman–Crippen LogP) is 4.35. The van der Waals surface area contributed by atoms with Gasteiger partial charge in [-0.1, -0.05) is 0 Å². The van der Waals surface area contributed by atoms with Crippen molar-refractivity contribution in [2.45, 2.75) is 2.45 Å². The summed E-state index contributed by atoms with van der Waals surface area (Å²) >= 11 is -8.05. The first-order valence-electron chi connectivity index (χ1n) is 14.5. The molecule has 2 nitrogen and oxygen atoms in total. The van der Waals surface area contributed by atoms with Gasteiger partial charge in [0.05, 0.1) is 0 Å². The van der Waals surface area contributed by atoms with Gasteiger partial charge in [-0.25, -0.2) is 0 Å². The van der Waals surface area contributed by atoms with Gasteiger partial charge in [0.15, 0.2) is 0 Å². The number of hydrogen-bond donors (Lipinski definition) is 0. The fraction of sp³-hybridized carbons (Fsp3) is 0.0270. The monoisotopic (exact) mass is 776 g/mol. The van der Waals surface area contributed by atoms with Crippen LogP contribution in [0.3, 0.4) is 0 Å². The minimum absolute atomic E-state index is 0.986. The van der Waals surface area contributed by atoms with Gasteiger partial charge in [-0.3, -0.25) is 0 Å². The van der Waals surface area contributed by atoms with Gasteiger partial charge in [-0.2, -0.15) is 0 Å². The molecule has 1 aliphatic rings. The van der Waals surface area contributed by atoms with E-state index in [-0.39, 0.29) is 0 Å². The molecule has 1 fully saturated rings. The van der Waals surface area contributed by atoms with E-state index in [1.54, 1.807) is 0 Å². The molecule has 0 N–H and O–H groups in total. The average Bonchev–Trinajstić information content (AvgIpc) is 3.10. The molecule has 1 aliphatic heterocycles. The number of rotatable bonds is 6. The van der Waals surface area contributed by atoms with E-state index in [2.05, 4.69) is 182 Å². The molecule has 0 amide bonds. The molecule has 6 aromatic rings. The van der Waals surface area contributed by atoms with E-state index < -0.39 is 46.1 Å². The normalized spacial score (nSPS) is 16.9. The van der Waals surface area contributed by atoms with Crippen LogP contribution in [0.15, 0.2) is 182 Å². The van der Waals surface area contributed by atoms with Crippen LogP contribution in [0, 0.1) is 0 Å². The van der Waals surface area contributed by atoms with Crippen LogP contribution in [-0.2, 0) is 5.53 Å². The Labute approximate surface area is 258 Å². The molecule has 42 heavy (non-hydrogen) atoms. The molecule has 0 saturated carbocycles. The second-order valence-electron chi connectivity index (χ2n) is 10.8. The van der Waals surface area contributed by atoms with Gasteiger partial charge in [-0.15, -0.1) is 0 Å². The van der Waals surface area contributed by atoms with Crippen molar-refractivity contribution in [1.82, 2.24) is 0 Å². The first-order valence-corrected chi connectivity index (χ1v) is 28.4. The second kappa shape index (κ2) is 12.0. The minimum atomic E-state index is -4.03. The maximum atomic E-state index is 8.08. The molecule has 1 heterocycles. The molecule has 0 unspecified atom stereocenters. The summed E-state index contributed by atoms with van der Waals surface area (Å²) < 4.78 is 22.6. The summed E-state index contributed by atoms with van der Waals surface area (Å²) in [4.78, 5) is 0. The van der Waals surface area contributed by atoms with Gasteiger partial charge < -0.3 is 0 Å². The SMILES string of the molecule is c1ccc([Si]2(c3ccccc3)[O][Sn]([c]3ccccc3)([c]3ccccc3)[CH2][Sn]([c]3ccccc3)([c]3ccccc3)[O]2)cc1. The Kier molecular flexibility index (Phi) is 7.94. The Hall–Kier alpha value is -2.95. The van der Waals surface area contributed by atoms with Crippen molar-refractivity contribution >= 4 is 70.8 Å². The zero-order valence-corrected chi connectivity index (χ0v) is 30.1. The summed E-state index contributed by atoms with van der Waals surface area (Å²) in [6, 6.07) is 66.3. The Morgan fingerprint density at radius 1 is 0.333 bits per heavy atom. The molecular formula is C37H32O2SiSn2. The Morgan fingerprint density at radius 3 is 0.833 bits per heavy atom. The van der Waals surface area contributed by atoms with Gasteiger partial charge in [0.1, 0.15) is 0 Å². The van der Waals surface area contributed by atoms with E-state index in [4.69, 9.17) is 5.53 Å². The van der Waals surface area contributed by atoms with Crippen LogP contribution in [-0.4, -0.2) is 46.1 Å². The summed E-state index contributed by atoms with van der Waals surface area (Å²) in [6.07, 6.45) is 0. The number of hydrogen-bond acceptors (Lipinski definition) is 2. The predicted molar refractivity (Wildman–Crippen MR) is 181 cm³/mol. The molecule has 7 rings (SSSR count). The summed E-state index contributed by atoms with van der Waals surface area (Å²) in [6.45, 7) is 0. The number of benzene rings is 6. The molecule has 1 saturated heterocycles. The topological polar surface area (TPSA) is 18.5 Å². The molecule has 6 aromatic carbocycles. The van der Waals surface area contributed by atoms with Crippen molar-refractivity contribution < 1.29 is 5.53 Å². The van der Waals surface area contributed by atoms with Crippen LogP contribution < -0.4 is 24.7 Å². The van der Waals surface area contributed by atoms with Crippen LogP contribution in [0.25, 0.3) is 0 Å². The third-order valence-corrected chi connectivity index (χ3v) is 59.1. The maximum absolute atomic E-state index is 8.08. The summed E-state index contributed by atoms with van der Waals surface area (Å²) in [5.74, 6) is 0. The zero-order chi connectivity index (χ0) is 28.3. The van der Waals surface area contributed by atoms with E-state index in [0.717, 1.165) is 2.45 Å². The van der Waals surface area contributed by atoms with E-state index in [1.165, 1.54) is 24.7 Å². The van der Waals surface area contributed by atoms with Crippen LogP contribution in [0.2, 0.25) is 2.45 Å². The molecule has 0 aliphatic carbocycles. The van der Waals surface area contributed by atoms with Crippen molar-refractivity contribution in [3.05, 3.63) is 182 Å². The fourth-order valence-electron chi connectivity index (χ4n) is 6.46. The van der Waals surface area contributed by atoms with Crippen LogP contribution in [0.1, 0.15) is 0 Å². The van der Waals surface area contributed by atoms with E-state index in [9.17, 15) is 0 Å². The third-order valence-electron chi connectivity index (χ3n) is 8.40. The van der Waals surface area contributed by atoms with Crippen molar-refractivity contribution in [2.24, 2.45) is 0 Å². The summed E-state index contributed by atoms with van der Waals surface area (Å²) in [7, 11) is -3.25. The first-order chi connectivity index (χ1) is 20.8. The van der Waals surface area contributed by atoms with Crippen LogP contribution in [0.4, 0.5) is 0 Å². The Balaban J connectivity index is 1.64. The van der Waals surface area contributed by atoms with Crippen molar-refractivity contribution in [2.75, 3.05) is 0 Å². The summed E-state index contributed by atoms with van der Waals surface area (Å²) in [5, 5.41) is 2.36. The van der Waals surface area contributed by atoms with Gasteiger partial charge >= 0.3 is 261 Å². The molecule has 0 atom stereocenters. The summed E-state index contributed by atoms with van der Waals surface area (Å²) in [5.41, 5.74) is 0. The molecule has 0 aromatic heterocycles. The zero-order valence-electron chi connectivity index (χ0n) is 23.3. The van der Waals surface area contributed by atoms with Crippen LogP contribution >= 0.6 is 0 Å². The van der Waals surface area contributed by atoms with Crippen LogP contribution in [0.5, 0.6) is 0 Å². The van der Waals surface area contributed by atoms with Gasteiger partial charge in [-0.05, 0) is 0 Å². The van der Waals surface area contributed by atoms with Gasteiger partial charge in [0.2, 0.25) is 0 Å². The Bertz CT molecular complexity index is 1400. The molecule has 0 spiro atoms.